The molecule has 0 aliphatic carbocycles. The first-order valence-corrected chi connectivity index (χ1v) is 12.3. The van der Waals surface area contributed by atoms with Gasteiger partial charge in [-0.25, -0.2) is 0 Å². The first kappa shape index (κ1) is 22.5. The van der Waals surface area contributed by atoms with E-state index in [0.717, 1.165) is 23.7 Å². The first-order valence-electron chi connectivity index (χ1n) is 11.5. The molecule has 174 valence electrons. The minimum absolute atomic E-state index is 0.0117. The molecule has 1 aliphatic heterocycles. The van der Waals surface area contributed by atoms with Gasteiger partial charge in [-0.2, -0.15) is 0 Å². The fourth-order valence-corrected chi connectivity index (χ4v) is 5.04. The Labute approximate surface area is 203 Å². The van der Waals surface area contributed by atoms with Gasteiger partial charge in [0, 0.05) is 32.2 Å². The van der Waals surface area contributed by atoms with Gasteiger partial charge in [-0.05, 0) is 22.6 Å². The average molecular weight is 474 g/mol. The van der Waals surface area contributed by atoms with Crippen LogP contribution >= 0.6 is 11.3 Å². The molecule has 34 heavy (non-hydrogen) atoms. The Morgan fingerprint density at radius 1 is 0.941 bits per heavy atom. The number of ether oxygens (including phenoxy) is 1. The van der Waals surface area contributed by atoms with E-state index in [-0.39, 0.29) is 25.2 Å². The van der Waals surface area contributed by atoms with Crippen molar-refractivity contribution in [2.24, 2.45) is 0 Å². The summed E-state index contributed by atoms with van der Waals surface area (Å²) in [6, 6.07) is 27.1. The van der Waals surface area contributed by atoms with E-state index < -0.39 is 0 Å². The van der Waals surface area contributed by atoms with E-state index >= 15 is 0 Å². The van der Waals surface area contributed by atoms with Crippen molar-refractivity contribution in [3.63, 3.8) is 0 Å². The van der Waals surface area contributed by atoms with E-state index in [1.54, 1.807) is 11.3 Å². The SMILES string of the molecule is O=C(COCc1cc(-c2cccs2)on1)N1CCN(C(c2ccccc2)c2ccccc2)CC1. The number of hydrogen-bond acceptors (Lipinski definition) is 6. The van der Waals surface area contributed by atoms with Gasteiger partial charge in [-0.1, -0.05) is 71.9 Å². The van der Waals surface area contributed by atoms with E-state index in [9.17, 15) is 4.79 Å². The Balaban J connectivity index is 1.14. The van der Waals surface area contributed by atoms with Crippen molar-refractivity contribution in [3.8, 4) is 10.6 Å². The lowest BCUT2D eigenvalue weighted by atomic mass is 9.96. The van der Waals surface area contributed by atoms with Gasteiger partial charge < -0.3 is 14.2 Å². The van der Waals surface area contributed by atoms with Crippen LogP contribution in [-0.4, -0.2) is 53.6 Å². The summed E-state index contributed by atoms with van der Waals surface area (Å²) < 4.78 is 11.0. The van der Waals surface area contributed by atoms with E-state index in [4.69, 9.17) is 9.26 Å². The van der Waals surface area contributed by atoms with E-state index in [0.29, 0.717) is 18.8 Å². The Bertz CT molecular complexity index is 1130. The van der Waals surface area contributed by atoms with Crippen LogP contribution in [0.2, 0.25) is 0 Å². The highest BCUT2D eigenvalue weighted by atomic mass is 32.1. The second-order valence-corrected chi connectivity index (χ2v) is 9.24. The number of amides is 1. The second kappa shape index (κ2) is 10.8. The fourth-order valence-electron chi connectivity index (χ4n) is 4.36. The van der Waals surface area contributed by atoms with Crippen LogP contribution in [0.25, 0.3) is 10.6 Å². The summed E-state index contributed by atoms with van der Waals surface area (Å²) in [5.41, 5.74) is 3.23. The number of aromatic nitrogens is 1. The highest BCUT2D eigenvalue weighted by molar-refractivity contribution is 7.13. The minimum atomic E-state index is 0.0117. The number of hydrogen-bond donors (Lipinski definition) is 0. The van der Waals surface area contributed by atoms with E-state index in [2.05, 4.69) is 58.6 Å². The molecule has 0 radical (unpaired) electrons. The molecule has 5 rings (SSSR count). The van der Waals surface area contributed by atoms with Crippen molar-refractivity contribution < 1.29 is 14.1 Å². The third-order valence-corrected chi connectivity index (χ3v) is 6.95. The number of nitrogens with zero attached hydrogens (tertiary/aromatic N) is 3. The molecular weight excluding hydrogens is 446 g/mol. The quantitative estimate of drug-likeness (QED) is 0.366. The van der Waals surface area contributed by atoms with Crippen molar-refractivity contribution in [2.45, 2.75) is 12.6 Å². The molecule has 4 aromatic rings. The van der Waals surface area contributed by atoms with Crippen molar-refractivity contribution in [2.75, 3.05) is 32.8 Å². The van der Waals surface area contributed by atoms with Crippen molar-refractivity contribution in [1.82, 2.24) is 15.0 Å². The van der Waals surface area contributed by atoms with Crippen molar-refractivity contribution >= 4 is 17.2 Å². The van der Waals surface area contributed by atoms with Gasteiger partial charge in [-0.15, -0.1) is 11.3 Å². The largest absolute Gasteiger partial charge is 0.365 e. The van der Waals surface area contributed by atoms with Gasteiger partial charge in [0.15, 0.2) is 5.76 Å². The molecule has 1 aliphatic rings. The van der Waals surface area contributed by atoms with Crippen LogP contribution in [0.1, 0.15) is 22.9 Å². The molecule has 3 heterocycles. The van der Waals surface area contributed by atoms with Gasteiger partial charge in [-0.3, -0.25) is 9.69 Å². The Kier molecular flexibility index (Phi) is 7.14. The molecular formula is C27H27N3O3S. The Morgan fingerprint density at radius 3 is 2.24 bits per heavy atom. The molecule has 1 fully saturated rings. The summed E-state index contributed by atoms with van der Waals surface area (Å²) in [6.07, 6.45) is 0. The molecule has 1 amide bonds. The van der Waals surface area contributed by atoms with Gasteiger partial charge in [0.1, 0.15) is 12.3 Å². The molecule has 0 saturated carbocycles. The van der Waals surface area contributed by atoms with Crippen molar-refractivity contribution in [1.29, 1.82) is 0 Å². The zero-order chi connectivity index (χ0) is 23.2. The average Bonchev–Trinajstić information content (AvgIpc) is 3.58. The second-order valence-electron chi connectivity index (χ2n) is 8.29. The minimum Gasteiger partial charge on any atom is -0.365 e. The van der Waals surface area contributed by atoms with Gasteiger partial charge in [0.05, 0.1) is 17.5 Å². The highest BCUT2D eigenvalue weighted by Crippen LogP contribution is 2.29. The first-order chi connectivity index (χ1) is 16.8. The number of piperazine rings is 1. The molecule has 2 aromatic carbocycles. The molecule has 0 spiro atoms. The predicted octanol–water partition coefficient (Wildman–Crippen LogP) is 4.85. The Hall–Kier alpha value is -3.26. The number of rotatable bonds is 8. The lowest BCUT2D eigenvalue weighted by molar-refractivity contribution is -0.138. The number of carbonyl (C=O) groups excluding carboxylic acids is 1. The molecule has 0 bridgehead atoms. The standard InChI is InChI=1S/C27H27N3O3S/c31-26(20-32-19-23-18-24(33-28-23)25-12-7-17-34-25)29-13-15-30(16-14-29)27(21-8-3-1-4-9-21)22-10-5-2-6-11-22/h1-12,17-18,27H,13-16,19-20H2. The zero-order valence-electron chi connectivity index (χ0n) is 18.9. The highest BCUT2D eigenvalue weighted by Gasteiger charge is 2.28. The maximum Gasteiger partial charge on any atom is 0.248 e. The van der Waals surface area contributed by atoms with Gasteiger partial charge in [0.25, 0.3) is 0 Å². The molecule has 0 atom stereocenters. The summed E-state index contributed by atoms with van der Waals surface area (Å²) >= 11 is 1.60. The summed E-state index contributed by atoms with van der Waals surface area (Å²) in [4.78, 5) is 18.1. The van der Waals surface area contributed by atoms with E-state index in [1.807, 2.05) is 40.6 Å². The Morgan fingerprint density at radius 2 is 1.62 bits per heavy atom. The molecule has 1 saturated heterocycles. The molecule has 0 unspecified atom stereocenters. The number of thiophene rings is 1. The monoisotopic (exact) mass is 473 g/mol. The molecule has 2 aromatic heterocycles. The van der Waals surface area contributed by atoms with Crippen LogP contribution in [-0.2, 0) is 16.1 Å². The normalized spacial score (nSPS) is 14.6. The van der Waals surface area contributed by atoms with Crippen molar-refractivity contribution in [3.05, 3.63) is 101 Å². The van der Waals surface area contributed by atoms with Crippen LogP contribution in [0.5, 0.6) is 0 Å². The summed E-state index contributed by atoms with van der Waals surface area (Å²) in [7, 11) is 0. The molecule has 6 nitrogen and oxygen atoms in total. The number of carbonyl (C=O) groups is 1. The fraction of sp³-hybridized carbons (Fsp3) is 0.259. The third kappa shape index (κ3) is 5.28. The van der Waals surface area contributed by atoms with Crippen LogP contribution in [0.4, 0.5) is 0 Å². The van der Waals surface area contributed by atoms with Gasteiger partial charge in [0.2, 0.25) is 5.91 Å². The maximum absolute atomic E-state index is 12.7. The molecule has 0 N–H and O–H groups in total. The van der Waals surface area contributed by atoms with Crippen LogP contribution in [0.15, 0.2) is 88.8 Å². The predicted molar refractivity (Wildman–Crippen MR) is 132 cm³/mol. The summed E-state index contributed by atoms with van der Waals surface area (Å²) in [5, 5.41) is 6.04. The zero-order valence-corrected chi connectivity index (χ0v) is 19.7. The van der Waals surface area contributed by atoms with E-state index in [1.165, 1.54) is 11.1 Å². The summed E-state index contributed by atoms with van der Waals surface area (Å²) in [6.45, 7) is 3.30. The molecule has 7 heteroatoms. The maximum atomic E-state index is 12.7. The number of benzene rings is 2. The third-order valence-electron chi connectivity index (χ3n) is 6.06. The lowest BCUT2D eigenvalue weighted by Crippen LogP contribution is -2.50. The summed E-state index contributed by atoms with van der Waals surface area (Å²) in [5.74, 6) is 0.736. The topological polar surface area (TPSA) is 58.8 Å². The lowest BCUT2D eigenvalue weighted by Gasteiger charge is -2.39. The van der Waals surface area contributed by atoms with Crippen LogP contribution in [0.3, 0.4) is 0 Å². The van der Waals surface area contributed by atoms with Crippen LogP contribution in [0, 0.1) is 0 Å². The smallest absolute Gasteiger partial charge is 0.248 e. The van der Waals surface area contributed by atoms with Gasteiger partial charge >= 0.3 is 0 Å². The van der Waals surface area contributed by atoms with Crippen LogP contribution < -0.4 is 0 Å².